The summed E-state index contributed by atoms with van der Waals surface area (Å²) in [4.78, 5) is 8.92. The molecule has 0 saturated carbocycles. The van der Waals surface area contributed by atoms with Gasteiger partial charge in [0, 0.05) is 40.4 Å². The van der Waals surface area contributed by atoms with Gasteiger partial charge in [-0.25, -0.2) is 8.42 Å². The lowest BCUT2D eigenvalue weighted by atomic mass is 10.0. The number of aromatic nitrogens is 2. The third-order valence-electron chi connectivity index (χ3n) is 3.38. The van der Waals surface area contributed by atoms with Gasteiger partial charge in [-0.15, -0.1) is 0 Å². The minimum absolute atomic E-state index is 0.298. The zero-order chi connectivity index (χ0) is 16.4. The van der Waals surface area contributed by atoms with E-state index in [9.17, 15) is 8.42 Å². The van der Waals surface area contributed by atoms with Crippen LogP contribution in [0.25, 0.3) is 22.4 Å². The minimum Gasteiger partial charge on any atom is -0.264 e. The van der Waals surface area contributed by atoms with Crippen LogP contribution in [0.1, 0.15) is 0 Å². The molecule has 116 valence electrons. The van der Waals surface area contributed by atoms with Gasteiger partial charge in [-0.3, -0.25) is 9.97 Å². The lowest BCUT2D eigenvalue weighted by Crippen LogP contribution is -1.96. The molecule has 0 N–H and O–H groups in total. The highest BCUT2D eigenvalue weighted by Gasteiger charge is 2.12. The van der Waals surface area contributed by atoms with E-state index in [-0.39, 0.29) is 0 Å². The molecule has 0 aliphatic carbocycles. The highest BCUT2D eigenvalue weighted by molar-refractivity contribution is 9.10. The molecular formula is C17H13BrN2O2S. The Bertz CT molecular complexity index is 940. The Morgan fingerprint density at radius 2 is 1.74 bits per heavy atom. The van der Waals surface area contributed by atoms with Crippen LogP contribution in [0.2, 0.25) is 0 Å². The number of halogens is 1. The smallest absolute Gasteiger partial charge is 0.175 e. The average Bonchev–Trinajstić information content (AvgIpc) is 2.55. The van der Waals surface area contributed by atoms with Crippen LogP contribution in [0.3, 0.4) is 0 Å². The molecule has 0 atom stereocenters. The fourth-order valence-corrected chi connectivity index (χ4v) is 3.24. The monoisotopic (exact) mass is 388 g/mol. The van der Waals surface area contributed by atoms with E-state index in [4.69, 9.17) is 0 Å². The van der Waals surface area contributed by atoms with Crippen LogP contribution in [0.15, 0.2) is 70.4 Å². The van der Waals surface area contributed by atoms with E-state index in [0.717, 1.165) is 26.9 Å². The summed E-state index contributed by atoms with van der Waals surface area (Å²) in [7, 11) is -3.21. The Hall–Kier alpha value is -2.05. The van der Waals surface area contributed by atoms with Crippen molar-refractivity contribution in [3.63, 3.8) is 0 Å². The van der Waals surface area contributed by atoms with Gasteiger partial charge in [-0.2, -0.15) is 0 Å². The topological polar surface area (TPSA) is 59.9 Å². The number of pyridine rings is 2. The molecule has 2 aromatic heterocycles. The third kappa shape index (κ3) is 3.48. The molecule has 6 heteroatoms. The molecule has 4 nitrogen and oxygen atoms in total. The first-order valence-electron chi connectivity index (χ1n) is 6.81. The summed E-state index contributed by atoms with van der Waals surface area (Å²) in [6.45, 7) is 0. The van der Waals surface area contributed by atoms with E-state index in [0.29, 0.717) is 4.90 Å². The largest absolute Gasteiger partial charge is 0.264 e. The van der Waals surface area contributed by atoms with Crippen molar-refractivity contribution >= 4 is 25.8 Å². The number of hydrogen-bond acceptors (Lipinski definition) is 4. The average molecular weight is 389 g/mol. The van der Waals surface area contributed by atoms with E-state index in [2.05, 4.69) is 25.9 Å². The molecular weight excluding hydrogens is 376 g/mol. The fraction of sp³-hybridized carbons (Fsp3) is 0.0588. The van der Waals surface area contributed by atoms with Gasteiger partial charge in [0.15, 0.2) is 9.84 Å². The van der Waals surface area contributed by atoms with Crippen LogP contribution in [-0.2, 0) is 9.84 Å². The normalized spacial score (nSPS) is 11.4. The summed E-state index contributed by atoms with van der Waals surface area (Å²) >= 11 is 3.44. The molecule has 3 aromatic rings. The van der Waals surface area contributed by atoms with Gasteiger partial charge in [-0.05, 0) is 51.8 Å². The number of sulfone groups is 1. The van der Waals surface area contributed by atoms with Crippen LogP contribution >= 0.6 is 15.9 Å². The molecule has 0 unspecified atom stereocenters. The minimum atomic E-state index is -3.21. The summed E-state index contributed by atoms with van der Waals surface area (Å²) < 4.78 is 24.0. The van der Waals surface area contributed by atoms with Gasteiger partial charge in [-0.1, -0.05) is 12.1 Å². The summed E-state index contributed by atoms with van der Waals surface area (Å²) in [6.07, 6.45) is 6.40. The number of benzene rings is 1. The second-order valence-electron chi connectivity index (χ2n) is 5.09. The Labute approximate surface area is 143 Å². The van der Waals surface area contributed by atoms with Crippen LogP contribution in [0, 0.1) is 0 Å². The molecule has 0 spiro atoms. The molecule has 2 heterocycles. The van der Waals surface area contributed by atoms with Gasteiger partial charge in [0.2, 0.25) is 0 Å². The number of hydrogen-bond donors (Lipinski definition) is 0. The highest BCUT2D eigenvalue weighted by atomic mass is 79.9. The van der Waals surface area contributed by atoms with E-state index in [1.165, 1.54) is 6.26 Å². The van der Waals surface area contributed by atoms with Crippen molar-refractivity contribution in [2.45, 2.75) is 4.90 Å². The fourth-order valence-electron chi connectivity index (χ4n) is 2.27. The molecule has 0 fully saturated rings. The number of nitrogens with zero attached hydrogens (tertiary/aromatic N) is 2. The molecule has 0 bridgehead atoms. The van der Waals surface area contributed by atoms with Crippen molar-refractivity contribution in [3.8, 4) is 22.4 Å². The molecule has 0 saturated heterocycles. The Balaban J connectivity index is 2.14. The van der Waals surface area contributed by atoms with Crippen molar-refractivity contribution in [3.05, 3.63) is 65.5 Å². The molecule has 3 rings (SSSR count). The molecule has 0 radical (unpaired) electrons. The maximum atomic E-state index is 11.6. The zero-order valence-corrected chi connectivity index (χ0v) is 14.7. The first-order valence-corrected chi connectivity index (χ1v) is 9.50. The maximum Gasteiger partial charge on any atom is 0.175 e. The van der Waals surface area contributed by atoms with Crippen molar-refractivity contribution < 1.29 is 8.42 Å². The van der Waals surface area contributed by atoms with Gasteiger partial charge < -0.3 is 0 Å². The summed E-state index contributed by atoms with van der Waals surface area (Å²) in [5.74, 6) is 0. The maximum absolute atomic E-state index is 11.6. The predicted octanol–water partition coefficient (Wildman–Crippen LogP) is 3.98. The second kappa shape index (κ2) is 6.22. The SMILES string of the molecule is CS(=O)(=O)c1ccc(-c2cc(Br)cnc2-c2cccnc2)cc1. The molecule has 23 heavy (non-hydrogen) atoms. The van der Waals surface area contributed by atoms with E-state index in [1.807, 2.05) is 18.2 Å². The van der Waals surface area contributed by atoms with Gasteiger partial charge in [0.05, 0.1) is 10.6 Å². The third-order valence-corrected chi connectivity index (χ3v) is 4.94. The lowest BCUT2D eigenvalue weighted by molar-refractivity contribution is 0.602. The van der Waals surface area contributed by atoms with Crippen molar-refractivity contribution in [1.82, 2.24) is 9.97 Å². The highest BCUT2D eigenvalue weighted by Crippen LogP contribution is 2.32. The van der Waals surface area contributed by atoms with Gasteiger partial charge in [0.25, 0.3) is 0 Å². The molecule has 0 aliphatic heterocycles. The number of rotatable bonds is 3. The predicted molar refractivity (Wildman–Crippen MR) is 93.7 cm³/mol. The summed E-state index contributed by atoms with van der Waals surface area (Å²) in [5.41, 5.74) is 3.51. The lowest BCUT2D eigenvalue weighted by Gasteiger charge is -2.10. The van der Waals surface area contributed by atoms with Crippen LogP contribution in [0.5, 0.6) is 0 Å². The van der Waals surface area contributed by atoms with Crippen molar-refractivity contribution in [2.75, 3.05) is 6.26 Å². The van der Waals surface area contributed by atoms with Crippen LogP contribution < -0.4 is 0 Å². The van der Waals surface area contributed by atoms with E-state index < -0.39 is 9.84 Å². The molecule has 0 amide bonds. The zero-order valence-electron chi connectivity index (χ0n) is 12.3. The summed E-state index contributed by atoms with van der Waals surface area (Å²) in [5, 5.41) is 0. The first kappa shape index (κ1) is 15.8. The van der Waals surface area contributed by atoms with E-state index >= 15 is 0 Å². The Morgan fingerprint density at radius 1 is 1.00 bits per heavy atom. The standard InChI is InChI=1S/C17H13BrN2O2S/c1-23(21,22)15-6-4-12(5-7-15)16-9-14(18)11-20-17(16)13-3-2-8-19-10-13/h2-11H,1H3. The summed E-state index contributed by atoms with van der Waals surface area (Å²) in [6, 6.07) is 12.6. The van der Waals surface area contributed by atoms with Gasteiger partial charge >= 0.3 is 0 Å². The molecule has 1 aromatic carbocycles. The van der Waals surface area contributed by atoms with Crippen LogP contribution in [-0.4, -0.2) is 24.6 Å². The van der Waals surface area contributed by atoms with Gasteiger partial charge in [0.1, 0.15) is 0 Å². The van der Waals surface area contributed by atoms with Crippen molar-refractivity contribution in [2.24, 2.45) is 0 Å². The first-order chi connectivity index (χ1) is 10.9. The van der Waals surface area contributed by atoms with E-state index in [1.54, 1.807) is 42.9 Å². The molecule has 0 aliphatic rings. The van der Waals surface area contributed by atoms with Crippen LogP contribution in [0.4, 0.5) is 0 Å². The second-order valence-corrected chi connectivity index (χ2v) is 8.02. The van der Waals surface area contributed by atoms with Crippen molar-refractivity contribution in [1.29, 1.82) is 0 Å². The Morgan fingerprint density at radius 3 is 2.35 bits per heavy atom. The Kier molecular flexibility index (Phi) is 4.28. The quantitative estimate of drug-likeness (QED) is 0.680.